The van der Waals surface area contributed by atoms with E-state index in [1.54, 1.807) is 11.8 Å². The second-order valence-electron chi connectivity index (χ2n) is 5.15. The number of aliphatic imine (C=N–C) groups is 1. The quantitative estimate of drug-likeness (QED) is 0.301. The first-order valence-corrected chi connectivity index (χ1v) is 9.39. The molecule has 0 atom stereocenters. The van der Waals surface area contributed by atoms with Crippen molar-refractivity contribution >= 4 is 16.9 Å². The van der Waals surface area contributed by atoms with Gasteiger partial charge in [-0.15, -0.1) is 0 Å². The summed E-state index contributed by atoms with van der Waals surface area (Å²) in [6.07, 6.45) is 15.6. The lowest BCUT2D eigenvalue weighted by Gasteiger charge is -2.06. The molecule has 114 valence electrons. The van der Waals surface area contributed by atoms with Crippen molar-refractivity contribution in [3.05, 3.63) is 0 Å². The van der Waals surface area contributed by atoms with Crippen LogP contribution in [-0.4, -0.2) is 24.5 Å². The molecule has 0 aromatic carbocycles. The lowest BCUT2D eigenvalue weighted by molar-refractivity contribution is 0.578. The van der Waals surface area contributed by atoms with Crippen LogP contribution in [0.1, 0.15) is 78.1 Å². The smallest absolute Gasteiger partial charge is 0.156 e. The molecule has 0 radical (unpaired) electrons. The Morgan fingerprint density at radius 1 is 0.842 bits per heavy atom. The molecule has 19 heavy (non-hydrogen) atoms. The molecule has 0 aromatic rings. The van der Waals surface area contributed by atoms with Crippen molar-refractivity contribution in [2.24, 2.45) is 4.99 Å². The first-order valence-electron chi connectivity index (χ1n) is 8.17. The molecule has 0 heterocycles. The van der Waals surface area contributed by atoms with E-state index in [4.69, 9.17) is 0 Å². The fraction of sp³-hybridized carbons (Fsp3) is 0.938. The van der Waals surface area contributed by atoms with Crippen LogP contribution in [0.2, 0.25) is 0 Å². The highest BCUT2D eigenvalue weighted by Gasteiger charge is 1.95. The number of nitrogens with one attached hydrogen (secondary N) is 1. The van der Waals surface area contributed by atoms with Gasteiger partial charge in [0.15, 0.2) is 5.17 Å². The molecule has 0 spiro atoms. The summed E-state index contributed by atoms with van der Waals surface area (Å²) in [5, 5.41) is 4.53. The van der Waals surface area contributed by atoms with Crippen LogP contribution in [0.15, 0.2) is 4.99 Å². The predicted molar refractivity (Wildman–Crippen MR) is 91.3 cm³/mol. The lowest BCUT2D eigenvalue weighted by atomic mass is 10.1. The molecule has 0 saturated carbocycles. The standard InChI is InChI=1S/C16H34N2S/c1-4-6-8-9-10-11-12-13-15-18-16(19-3)17-14-7-5-2/h4-15H2,1-3H3,(H,17,18). The van der Waals surface area contributed by atoms with Crippen molar-refractivity contribution in [2.75, 3.05) is 19.3 Å². The zero-order valence-electron chi connectivity index (χ0n) is 13.3. The van der Waals surface area contributed by atoms with E-state index in [-0.39, 0.29) is 0 Å². The van der Waals surface area contributed by atoms with Crippen molar-refractivity contribution in [3.8, 4) is 0 Å². The number of hydrogen-bond acceptors (Lipinski definition) is 2. The van der Waals surface area contributed by atoms with Crippen LogP contribution in [0.25, 0.3) is 0 Å². The minimum absolute atomic E-state index is 0.990. The van der Waals surface area contributed by atoms with Crippen LogP contribution in [0.3, 0.4) is 0 Å². The Kier molecular flexibility index (Phi) is 15.7. The normalized spacial score (nSPS) is 11.8. The van der Waals surface area contributed by atoms with E-state index < -0.39 is 0 Å². The lowest BCUT2D eigenvalue weighted by Crippen LogP contribution is -2.21. The predicted octanol–water partition coefficient (Wildman–Crippen LogP) is 5.24. The highest BCUT2D eigenvalue weighted by atomic mass is 32.2. The van der Waals surface area contributed by atoms with E-state index in [0.29, 0.717) is 0 Å². The number of amidine groups is 1. The van der Waals surface area contributed by atoms with Crippen molar-refractivity contribution in [1.82, 2.24) is 5.32 Å². The molecule has 0 aliphatic carbocycles. The van der Waals surface area contributed by atoms with Gasteiger partial charge in [-0.05, 0) is 19.1 Å². The van der Waals surface area contributed by atoms with E-state index in [0.717, 1.165) is 18.3 Å². The molecule has 0 bridgehead atoms. The highest BCUT2D eigenvalue weighted by molar-refractivity contribution is 8.13. The topological polar surface area (TPSA) is 24.4 Å². The van der Waals surface area contributed by atoms with E-state index in [1.165, 1.54) is 64.2 Å². The van der Waals surface area contributed by atoms with Gasteiger partial charge in [-0.3, -0.25) is 4.99 Å². The van der Waals surface area contributed by atoms with Gasteiger partial charge in [-0.1, -0.05) is 77.0 Å². The Morgan fingerprint density at radius 3 is 2.00 bits per heavy atom. The van der Waals surface area contributed by atoms with Crippen LogP contribution in [0.4, 0.5) is 0 Å². The fourth-order valence-corrected chi connectivity index (χ4v) is 2.46. The molecule has 0 unspecified atom stereocenters. The molecular formula is C16H34N2S. The first kappa shape index (κ1) is 18.8. The average Bonchev–Trinajstić information content (AvgIpc) is 2.43. The molecule has 0 rings (SSSR count). The summed E-state index contributed by atoms with van der Waals surface area (Å²) in [7, 11) is 0. The molecule has 0 saturated heterocycles. The third-order valence-corrected chi connectivity index (χ3v) is 3.93. The van der Waals surface area contributed by atoms with Crippen LogP contribution >= 0.6 is 11.8 Å². The monoisotopic (exact) mass is 286 g/mol. The third-order valence-electron chi connectivity index (χ3n) is 3.27. The van der Waals surface area contributed by atoms with Crippen molar-refractivity contribution in [1.29, 1.82) is 0 Å². The number of hydrogen-bond donors (Lipinski definition) is 1. The number of thioether (sulfide) groups is 1. The maximum atomic E-state index is 4.63. The van der Waals surface area contributed by atoms with Gasteiger partial charge < -0.3 is 5.32 Å². The minimum atomic E-state index is 0.990. The minimum Gasteiger partial charge on any atom is -0.365 e. The highest BCUT2D eigenvalue weighted by Crippen LogP contribution is 2.08. The fourth-order valence-electron chi connectivity index (χ4n) is 1.99. The SMILES string of the molecule is CCCCCCCCCC/N=C(/NCCCC)SC. The van der Waals surface area contributed by atoms with Gasteiger partial charge >= 0.3 is 0 Å². The molecule has 1 N–H and O–H groups in total. The van der Waals surface area contributed by atoms with Crippen molar-refractivity contribution < 1.29 is 0 Å². The molecule has 2 nitrogen and oxygen atoms in total. The van der Waals surface area contributed by atoms with Crippen LogP contribution in [0, 0.1) is 0 Å². The van der Waals surface area contributed by atoms with Gasteiger partial charge in [0.2, 0.25) is 0 Å². The largest absolute Gasteiger partial charge is 0.365 e. The van der Waals surface area contributed by atoms with Gasteiger partial charge in [0.05, 0.1) is 0 Å². The number of unbranched alkanes of at least 4 members (excludes halogenated alkanes) is 8. The van der Waals surface area contributed by atoms with E-state index in [1.807, 2.05) is 0 Å². The number of rotatable bonds is 12. The Bertz CT molecular complexity index is 205. The van der Waals surface area contributed by atoms with Crippen molar-refractivity contribution in [3.63, 3.8) is 0 Å². The summed E-state index contributed by atoms with van der Waals surface area (Å²) >= 11 is 1.74. The van der Waals surface area contributed by atoms with Gasteiger partial charge in [0.25, 0.3) is 0 Å². The van der Waals surface area contributed by atoms with E-state index >= 15 is 0 Å². The Hall–Kier alpha value is -0.180. The second-order valence-corrected chi connectivity index (χ2v) is 5.94. The molecule has 3 heteroatoms. The van der Waals surface area contributed by atoms with E-state index in [9.17, 15) is 0 Å². The molecule has 0 aliphatic heterocycles. The first-order chi connectivity index (χ1) is 9.35. The summed E-state index contributed by atoms with van der Waals surface area (Å²) < 4.78 is 0. The maximum Gasteiger partial charge on any atom is 0.156 e. The Labute approximate surface area is 125 Å². The zero-order chi connectivity index (χ0) is 14.2. The van der Waals surface area contributed by atoms with Gasteiger partial charge in [-0.25, -0.2) is 0 Å². The second kappa shape index (κ2) is 15.9. The molecule has 0 aromatic heterocycles. The summed E-state index contributed by atoms with van der Waals surface area (Å²) in [6, 6.07) is 0. The molecule has 0 fully saturated rings. The average molecular weight is 287 g/mol. The Balaban J connectivity index is 3.37. The molecular weight excluding hydrogens is 252 g/mol. The van der Waals surface area contributed by atoms with Crippen LogP contribution < -0.4 is 5.32 Å². The molecule has 0 amide bonds. The van der Waals surface area contributed by atoms with Gasteiger partial charge in [-0.2, -0.15) is 0 Å². The summed E-state index contributed by atoms with van der Waals surface area (Å²) in [5.41, 5.74) is 0. The summed E-state index contributed by atoms with van der Waals surface area (Å²) in [5.74, 6) is 0. The summed E-state index contributed by atoms with van der Waals surface area (Å²) in [4.78, 5) is 4.63. The van der Waals surface area contributed by atoms with E-state index in [2.05, 4.69) is 30.4 Å². The van der Waals surface area contributed by atoms with Crippen molar-refractivity contribution in [2.45, 2.75) is 78.1 Å². The van der Waals surface area contributed by atoms with Crippen LogP contribution in [0.5, 0.6) is 0 Å². The Morgan fingerprint density at radius 2 is 1.42 bits per heavy atom. The summed E-state index contributed by atoms with van der Waals surface area (Å²) in [6.45, 7) is 6.55. The third kappa shape index (κ3) is 14.0. The van der Waals surface area contributed by atoms with Crippen LogP contribution in [-0.2, 0) is 0 Å². The van der Waals surface area contributed by atoms with Gasteiger partial charge in [0.1, 0.15) is 0 Å². The van der Waals surface area contributed by atoms with Gasteiger partial charge in [0, 0.05) is 13.1 Å². The number of nitrogens with zero attached hydrogens (tertiary/aromatic N) is 1. The zero-order valence-corrected chi connectivity index (χ0v) is 14.2. The maximum absolute atomic E-state index is 4.63. The molecule has 0 aliphatic rings.